The number of hydrogen-bond donors (Lipinski definition) is 0. The third kappa shape index (κ3) is 4.02. The maximum Gasteiger partial charge on any atom is 0.272 e. The highest BCUT2D eigenvalue weighted by Crippen LogP contribution is 2.41. The second-order valence-corrected chi connectivity index (χ2v) is 7.86. The molecular formula is C25H21NO3S. The number of imide groups is 1. The van der Waals surface area contributed by atoms with E-state index in [2.05, 4.69) is 0 Å². The number of carbonyl (C=O) groups excluding carboxylic acids is 2. The summed E-state index contributed by atoms with van der Waals surface area (Å²) < 4.78 is 5.69. The first-order chi connectivity index (χ1) is 14.7. The maximum atomic E-state index is 13.4. The van der Waals surface area contributed by atoms with Crippen LogP contribution in [0.15, 0.2) is 94.7 Å². The van der Waals surface area contributed by atoms with Crippen LogP contribution in [0, 0.1) is 0 Å². The minimum atomic E-state index is -0.322. The summed E-state index contributed by atoms with van der Waals surface area (Å²) in [4.78, 5) is 29.4. The molecule has 2 amide bonds. The predicted octanol–water partition coefficient (Wildman–Crippen LogP) is 5.55. The summed E-state index contributed by atoms with van der Waals surface area (Å²) in [6.07, 6.45) is 0.878. The summed E-state index contributed by atoms with van der Waals surface area (Å²) in [7, 11) is 0. The molecule has 1 aliphatic rings. The average Bonchev–Trinajstić information content (AvgIpc) is 3.03. The van der Waals surface area contributed by atoms with Crippen molar-refractivity contribution < 1.29 is 14.3 Å². The third-order valence-corrected chi connectivity index (χ3v) is 5.71. The lowest BCUT2D eigenvalue weighted by Crippen LogP contribution is -2.31. The molecule has 4 rings (SSSR count). The molecule has 1 heterocycles. The number of rotatable bonds is 7. The Morgan fingerprint density at radius 2 is 1.53 bits per heavy atom. The van der Waals surface area contributed by atoms with E-state index < -0.39 is 0 Å². The minimum absolute atomic E-state index is 0.319. The van der Waals surface area contributed by atoms with Crippen LogP contribution in [0.1, 0.15) is 18.9 Å². The molecule has 4 nitrogen and oxygen atoms in total. The van der Waals surface area contributed by atoms with Crippen molar-refractivity contribution >= 4 is 34.8 Å². The van der Waals surface area contributed by atoms with Gasteiger partial charge in [0.15, 0.2) is 0 Å². The van der Waals surface area contributed by atoms with E-state index in [0.29, 0.717) is 28.5 Å². The normalized spacial score (nSPS) is 13.8. The minimum Gasteiger partial charge on any atom is -0.494 e. The Hall–Kier alpha value is -3.31. The molecule has 5 heteroatoms. The summed E-state index contributed by atoms with van der Waals surface area (Å²) in [5.74, 6) is -0.00186. The lowest BCUT2D eigenvalue weighted by molar-refractivity contribution is -0.119. The number of ether oxygens (including phenoxy) is 1. The average molecular weight is 416 g/mol. The molecule has 0 bridgehead atoms. The Bertz CT molecular complexity index is 1090. The fraction of sp³-hybridized carbons (Fsp3) is 0.120. The van der Waals surface area contributed by atoms with Gasteiger partial charge in [-0.15, -0.1) is 0 Å². The quantitative estimate of drug-likeness (QED) is 0.475. The Morgan fingerprint density at radius 3 is 2.23 bits per heavy atom. The van der Waals surface area contributed by atoms with Crippen LogP contribution in [-0.4, -0.2) is 18.4 Å². The van der Waals surface area contributed by atoms with Crippen molar-refractivity contribution in [2.45, 2.75) is 18.2 Å². The number of anilines is 1. The van der Waals surface area contributed by atoms with Crippen LogP contribution in [0.5, 0.6) is 5.75 Å². The van der Waals surface area contributed by atoms with E-state index in [1.807, 2.05) is 73.7 Å². The van der Waals surface area contributed by atoms with Gasteiger partial charge in [-0.25, -0.2) is 4.90 Å². The first kappa shape index (κ1) is 20.0. The van der Waals surface area contributed by atoms with Gasteiger partial charge in [0.1, 0.15) is 5.75 Å². The van der Waals surface area contributed by atoms with Gasteiger partial charge in [-0.05, 0) is 36.2 Å². The number of hydrogen-bond acceptors (Lipinski definition) is 4. The van der Waals surface area contributed by atoms with Crippen molar-refractivity contribution in [1.29, 1.82) is 0 Å². The van der Waals surface area contributed by atoms with Crippen LogP contribution in [0.2, 0.25) is 0 Å². The van der Waals surface area contributed by atoms with Gasteiger partial charge in [0, 0.05) is 11.0 Å². The van der Waals surface area contributed by atoms with E-state index in [1.165, 1.54) is 16.7 Å². The van der Waals surface area contributed by atoms with Crippen molar-refractivity contribution in [3.05, 3.63) is 95.4 Å². The molecule has 0 atom stereocenters. The van der Waals surface area contributed by atoms with Gasteiger partial charge in [0.25, 0.3) is 11.8 Å². The molecule has 0 fully saturated rings. The molecule has 30 heavy (non-hydrogen) atoms. The lowest BCUT2D eigenvalue weighted by Gasteiger charge is -2.16. The maximum absolute atomic E-state index is 13.4. The predicted molar refractivity (Wildman–Crippen MR) is 120 cm³/mol. The highest BCUT2D eigenvalue weighted by Gasteiger charge is 2.40. The Balaban J connectivity index is 1.75. The van der Waals surface area contributed by atoms with Gasteiger partial charge in [0.05, 0.1) is 22.8 Å². The second-order valence-electron chi connectivity index (χ2n) is 6.78. The second kappa shape index (κ2) is 9.01. The van der Waals surface area contributed by atoms with Gasteiger partial charge in [-0.3, -0.25) is 9.59 Å². The number of carbonyl (C=O) groups is 2. The van der Waals surface area contributed by atoms with E-state index in [4.69, 9.17) is 4.74 Å². The highest BCUT2D eigenvalue weighted by molar-refractivity contribution is 8.04. The van der Waals surface area contributed by atoms with Crippen LogP contribution < -0.4 is 9.64 Å². The van der Waals surface area contributed by atoms with Crippen molar-refractivity contribution in [1.82, 2.24) is 0 Å². The Kier molecular flexibility index (Phi) is 6.00. The van der Waals surface area contributed by atoms with Crippen LogP contribution >= 0.6 is 11.8 Å². The molecule has 3 aromatic rings. The van der Waals surface area contributed by atoms with E-state index >= 15 is 0 Å². The topological polar surface area (TPSA) is 46.6 Å². The first-order valence-electron chi connectivity index (χ1n) is 9.83. The zero-order valence-electron chi connectivity index (χ0n) is 16.6. The Labute approximate surface area is 180 Å². The van der Waals surface area contributed by atoms with E-state index in [0.717, 1.165) is 16.9 Å². The van der Waals surface area contributed by atoms with Gasteiger partial charge >= 0.3 is 0 Å². The smallest absolute Gasteiger partial charge is 0.272 e. The largest absolute Gasteiger partial charge is 0.494 e. The van der Waals surface area contributed by atoms with Crippen LogP contribution in [0.4, 0.5) is 5.69 Å². The van der Waals surface area contributed by atoms with Crippen LogP contribution in [-0.2, 0) is 9.59 Å². The van der Waals surface area contributed by atoms with Crippen molar-refractivity contribution in [2.24, 2.45) is 0 Å². The molecule has 0 radical (unpaired) electrons. The summed E-state index contributed by atoms with van der Waals surface area (Å²) in [6.45, 7) is 2.61. The summed E-state index contributed by atoms with van der Waals surface area (Å²) in [6, 6.07) is 26.1. The molecule has 0 N–H and O–H groups in total. The summed E-state index contributed by atoms with van der Waals surface area (Å²) in [5, 5.41) is 0. The zero-order chi connectivity index (χ0) is 20.9. The standard InChI is InChI=1S/C25H21NO3S/c1-2-16-29-20-13-9-12-19(17-20)26-24(27)22(18-10-5-3-6-11-18)23(25(26)28)30-21-14-7-4-8-15-21/h3-15,17H,2,16H2,1H3. The van der Waals surface area contributed by atoms with Gasteiger partial charge in [-0.1, -0.05) is 73.3 Å². The fourth-order valence-corrected chi connectivity index (χ4v) is 4.25. The number of benzene rings is 3. The molecule has 1 aliphatic heterocycles. The van der Waals surface area contributed by atoms with Crippen molar-refractivity contribution in [3.63, 3.8) is 0 Å². The van der Waals surface area contributed by atoms with Crippen LogP contribution in [0.25, 0.3) is 5.57 Å². The van der Waals surface area contributed by atoms with Gasteiger partial charge in [-0.2, -0.15) is 0 Å². The van der Waals surface area contributed by atoms with Crippen molar-refractivity contribution in [3.8, 4) is 5.75 Å². The molecular weight excluding hydrogens is 394 g/mol. The molecule has 0 aromatic heterocycles. The summed E-state index contributed by atoms with van der Waals surface area (Å²) >= 11 is 1.32. The SMILES string of the molecule is CCCOc1cccc(N2C(=O)C(Sc3ccccc3)=C(c3ccccc3)C2=O)c1. The number of nitrogens with zero attached hydrogens (tertiary/aromatic N) is 1. The third-order valence-electron chi connectivity index (χ3n) is 4.62. The van der Waals surface area contributed by atoms with E-state index in [-0.39, 0.29) is 11.8 Å². The van der Waals surface area contributed by atoms with E-state index in [1.54, 1.807) is 18.2 Å². The lowest BCUT2D eigenvalue weighted by atomic mass is 10.1. The fourth-order valence-electron chi connectivity index (χ4n) is 3.24. The molecule has 0 saturated heterocycles. The van der Waals surface area contributed by atoms with Crippen LogP contribution in [0.3, 0.4) is 0 Å². The van der Waals surface area contributed by atoms with Gasteiger partial charge in [0.2, 0.25) is 0 Å². The first-order valence-corrected chi connectivity index (χ1v) is 10.6. The van der Waals surface area contributed by atoms with Gasteiger partial charge < -0.3 is 4.74 Å². The summed E-state index contributed by atoms with van der Waals surface area (Å²) in [5.41, 5.74) is 1.67. The number of amides is 2. The molecule has 0 saturated carbocycles. The van der Waals surface area contributed by atoms with E-state index in [9.17, 15) is 9.59 Å². The molecule has 3 aromatic carbocycles. The number of thioether (sulfide) groups is 1. The zero-order valence-corrected chi connectivity index (χ0v) is 17.4. The molecule has 0 unspecified atom stereocenters. The molecule has 0 aliphatic carbocycles. The Morgan fingerprint density at radius 1 is 0.833 bits per heavy atom. The van der Waals surface area contributed by atoms with Crippen molar-refractivity contribution in [2.75, 3.05) is 11.5 Å². The highest BCUT2D eigenvalue weighted by atomic mass is 32.2. The molecule has 150 valence electrons. The molecule has 0 spiro atoms. The monoisotopic (exact) mass is 415 g/mol.